The smallest absolute Gasteiger partial charge is 0.222 e. The maximum absolute atomic E-state index is 13.3. The van der Waals surface area contributed by atoms with Crippen molar-refractivity contribution >= 4 is 58.6 Å². The zero-order chi connectivity index (χ0) is 29.4. The highest BCUT2D eigenvalue weighted by Gasteiger charge is 2.30. The number of amides is 1. The van der Waals surface area contributed by atoms with Gasteiger partial charge in [0, 0.05) is 27.4 Å². The number of rotatable bonds is 8. The third-order valence-electron chi connectivity index (χ3n) is 7.66. The van der Waals surface area contributed by atoms with E-state index in [-0.39, 0.29) is 12.3 Å². The molecule has 42 heavy (non-hydrogen) atoms. The van der Waals surface area contributed by atoms with E-state index in [9.17, 15) is 4.79 Å². The minimum Gasteiger partial charge on any atom is -0.497 e. The second-order valence-corrected chi connectivity index (χ2v) is 15.1. The highest BCUT2D eigenvalue weighted by atomic mass is 35.5. The second-order valence-electron chi connectivity index (χ2n) is 10.8. The van der Waals surface area contributed by atoms with Crippen molar-refractivity contribution in [3.63, 3.8) is 0 Å². The Morgan fingerprint density at radius 2 is 1.90 bits per heavy atom. The number of fused-ring (bicyclic) bond motifs is 4. The Balaban J connectivity index is 1.26. The number of carbonyl (C=O) groups is 1. The fourth-order valence-corrected chi connectivity index (χ4v) is 8.78. The Bertz CT molecular complexity index is 1810. The van der Waals surface area contributed by atoms with Gasteiger partial charge in [-0.2, -0.15) is 0 Å². The Morgan fingerprint density at radius 3 is 2.67 bits per heavy atom. The molecular weight excluding hydrogens is 582 g/mol. The van der Waals surface area contributed by atoms with E-state index in [4.69, 9.17) is 21.3 Å². The number of halogens is 1. The molecule has 5 aromatic rings. The largest absolute Gasteiger partial charge is 0.497 e. The molecule has 1 atom stereocenters. The van der Waals surface area contributed by atoms with Crippen molar-refractivity contribution in [1.29, 1.82) is 0 Å². The molecule has 2 aromatic heterocycles. The van der Waals surface area contributed by atoms with Crippen molar-refractivity contribution in [2.75, 3.05) is 13.7 Å². The number of aryl methyl sites for hydroxylation is 1. The van der Waals surface area contributed by atoms with Crippen LogP contribution in [0.5, 0.6) is 5.75 Å². The number of aliphatic imine (C=N–C) groups is 1. The Kier molecular flexibility index (Phi) is 7.98. The zero-order valence-corrected chi connectivity index (χ0v) is 26.7. The van der Waals surface area contributed by atoms with Gasteiger partial charge in [0.15, 0.2) is 5.82 Å². The number of nitrogens with one attached hydrogen (secondary N) is 1. The van der Waals surface area contributed by atoms with Gasteiger partial charge in [-0.05, 0) is 71.3 Å². The molecule has 3 heterocycles. The molecule has 10 heteroatoms. The van der Waals surface area contributed by atoms with Crippen LogP contribution in [0.4, 0.5) is 0 Å². The number of methoxy groups -OCH3 is 1. The van der Waals surface area contributed by atoms with Crippen molar-refractivity contribution in [1.82, 2.24) is 20.1 Å². The first-order chi connectivity index (χ1) is 20.3. The lowest BCUT2D eigenvalue weighted by molar-refractivity contribution is -0.121. The molecule has 1 N–H and O–H groups in total. The lowest BCUT2D eigenvalue weighted by Crippen LogP contribution is -2.27. The quantitative estimate of drug-likeness (QED) is 0.225. The summed E-state index contributed by atoms with van der Waals surface area (Å²) in [4.78, 5) is 18.5. The van der Waals surface area contributed by atoms with Crippen LogP contribution in [-0.4, -0.2) is 48.8 Å². The summed E-state index contributed by atoms with van der Waals surface area (Å²) in [6.45, 7) is 7.18. The summed E-state index contributed by atoms with van der Waals surface area (Å²) >= 11 is 8.02. The molecule has 214 valence electrons. The van der Waals surface area contributed by atoms with E-state index in [1.54, 1.807) is 7.11 Å². The first kappa shape index (κ1) is 28.3. The molecule has 1 aliphatic heterocycles. The van der Waals surface area contributed by atoms with E-state index >= 15 is 0 Å². The first-order valence-corrected chi connectivity index (χ1v) is 18.2. The number of thiophene rings is 1. The summed E-state index contributed by atoms with van der Waals surface area (Å²) in [5.41, 5.74) is 4.62. The van der Waals surface area contributed by atoms with Crippen LogP contribution in [0, 0.1) is 6.92 Å². The summed E-state index contributed by atoms with van der Waals surface area (Å²) in [5, 5.41) is 17.8. The summed E-state index contributed by atoms with van der Waals surface area (Å²) < 4.78 is 8.87. The molecule has 3 aromatic carbocycles. The van der Waals surface area contributed by atoms with Gasteiger partial charge >= 0.3 is 0 Å². The highest BCUT2D eigenvalue weighted by molar-refractivity contribution is 7.18. The van der Waals surface area contributed by atoms with Gasteiger partial charge in [-0.3, -0.25) is 14.4 Å². The monoisotopic (exact) mass is 613 g/mol. The molecule has 0 saturated heterocycles. The van der Waals surface area contributed by atoms with Crippen molar-refractivity contribution in [2.24, 2.45) is 4.99 Å². The van der Waals surface area contributed by atoms with Gasteiger partial charge in [0.2, 0.25) is 5.91 Å². The predicted octanol–water partition coefficient (Wildman–Crippen LogP) is 5.79. The minimum atomic E-state index is -0.858. The van der Waals surface area contributed by atoms with Crippen molar-refractivity contribution < 1.29 is 9.53 Å². The molecule has 0 saturated carbocycles. The number of benzene rings is 3. The highest BCUT2D eigenvalue weighted by Crippen LogP contribution is 2.34. The number of hydrogen-bond acceptors (Lipinski definition) is 6. The maximum atomic E-state index is 13.3. The van der Waals surface area contributed by atoms with Gasteiger partial charge in [0.25, 0.3) is 0 Å². The average Bonchev–Trinajstić information content (AvgIpc) is 3.55. The summed E-state index contributed by atoms with van der Waals surface area (Å²) in [6, 6.07) is 19.6. The Hall–Kier alpha value is -3.79. The number of ether oxygens (including phenoxy) is 1. The molecule has 7 nitrogen and oxygen atoms in total. The van der Waals surface area contributed by atoms with Crippen molar-refractivity contribution in [3.05, 3.63) is 99.4 Å². The Morgan fingerprint density at radius 1 is 1.10 bits per heavy atom. The lowest BCUT2D eigenvalue weighted by Gasteiger charge is -2.14. The molecule has 1 aliphatic rings. The average molecular weight is 614 g/mol. The number of aromatic nitrogens is 3. The fraction of sp³-hybridized carbons (Fsp3) is 0.250. The van der Waals surface area contributed by atoms with E-state index in [2.05, 4.69) is 52.2 Å². The topological polar surface area (TPSA) is 81.4 Å². The molecule has 0 fully saturated rings. The van der Waals surface area contributed by atoms with Crippen molar-refractivity contribution in [2.45, 2.75) is 38.9 Å². The van der Waals surface area contributed by atoms with Gasteiger partial charge in [-0.15, -0.1) is 21.5 Å². The fourth-order valence-electron chi connectivity index (χ4n) is 5.47. The standard InChI is InChI=1S/C32H32ClN5O2SSi/c1-19-36-37-32-26(17-30(39)34-14-13-20-5-11-24-28(15-20)41-18-29(24)42(3)4)35-31(21-6-8-22(33)9-7-21)25-16-23(40-2)10-12-27(25)38(19)32/h5-12,15-16,18,26,42H,13-14,17H2,1-4H3,(H,34,39). The second kappa shape index (κ2) is 11.8. The molecule has 0 spiro atoms. The molecule has 0 aliphatic carbocycles. The van der Waals surface area contributed by atoms with Crippen LogP contribution in [0.15, 0.2) is 71.0 Å². The van der Waals surface area contributed by atoms with Crippen LogP contribution in [0.3, 0.4) is 0 Å². The van der Waals surface area contributed by atoms with Gasteiger partial charge in [-0.1, -0.05) is 49.0 Å². The lowest BCUT2D eigenvalue weighted by atomic mass is 10.00. The summed E-state index contributed by atoms with van der Waals surface area (Å²) in [5.74, 6) is 1.98. The van der Waals surface area contributed by atoms with E-state index in [0.29, 0.717) is 23.1 Å². The zero-order valence-electron chi connectivity index (χ0n) is 24.0. The van der Waals surface area contributed by atoms with E-state index in [1.807, 2.05) is 65.3 Å². The Labute approximate surface area is 255 Å². The van der Waals surface area contributed by atoms with Gasteiger partial charge in [-0.25, -0.2) is 0 Å². The van der Waals surface area contributed by atoms with E-state index in [0.717, 1.165) is 34.8 Å². The van der Waals surface area contributed by atoms with Crippen LogP contribution in [0.25, 0.3) is 15.8 Å². The third kappa shape index (κ3) is 5.52. The maximum Gasteiger partial charge on any atom is 0.222 e. The summed E-state index contributed by atoms with van der Waals surface area (Å²) in [7, 11) is 0.784. The predicted molar refractivity (Wildman–Crippen MR) is 174 cm³/mol. The number of carbonyl (C=O) groups excluding carboxylic acids is 1. The van der Waals surface area contributed by atoms with Gasteiger partial charge < -0.3 is 10.1 Å². The van der Waals surface area contributed by atoms with E-state index in [1.165, 1.54) is 20.8 Å². The molecule has 1 unspecified atom stereocenters. The third-order valence-corrected chi connectivity index (χ3v) is 10.8. The van der Waals surface area contributed by atoms with Crippen LogP contribution < -0.4 is 15.2 Å². The number of hydrogen-bond donors (Lipinski definition) is 1. The van der Waals surface area contributed by atoms with Crippen LogP contribution in [-0.2, 0) is 11.2 Å². The minimum absolute atomic E-state index is 0.0831. The normalized spacial score (nSPS) is 14.3. The van der Waals surface area contributed by atoms with E-state index < -0.39 is 14.8 Å². The summed E-state index contributed by atoms with van der Waals surface area (Å²) in [6.07, 6.45) is 0.908. The van der Waals surface area contributed by atoms with Gasteiger partial charge in [0.05, 0.1) is 33.7 Å². The molecule has 0 radical (unpaired) electrons. The first-order valence-electron chi connectivity index (χ1n) is 14.0. The van der Waals surface area contributed by atoms with Crippen molar-refractivity contribution in [3.8, 4) is 11.4 Å². The number of nitrogens with zero attached hydrogens (tertiary/aromatic N) is 4. The molecule has 1 amide bonds. The van der Waals surface area contributed by atoms with Gasteiger partial charge in [0.1, 0.15) is 17.6 Å². The SMILES string of the molecule is COc1ccc2c(c1)C(c1ccc(Cl)cc1)=NC(CC(=O)NCCc1ccc3c([SiH](C)C)csc3c1)c1nnc(C)n1-2. The molecule has 6 rings (SSSR count). The molecule has 0 bridgehead atoms. The van der Waals surface area contributed by atoms with Crippen LogP contribution >= 0.6 is 22.9 Å². The van der Waals surface area contributed by atoms with Crippen LogP contribution in [0.1, 0.15) is 40.8 Å². The molecular formula is C32H32ClN5O2SSi. The van der Waals surface area contributed by atoms with Crippen LogP contribution in [0.2, 0.25) is 18.1 Å².